The summed E-state index contributed by atoms with van der Waals surface area (Å²) in [5, 5.41) is 0. The second-order valence-corrected chi connectivity index (χ2v) is 6.69. The molecule has 6 nitrogen and oxygen atoms in total. The normalized spacial score (nSPS) is 25.0. The lowest BCUT2D eigenvalue weighted by atomic mass is 9.89. The third-order valence-electron chi connectivity index (χ3n) is 3.83. The Labute approximate surface area is 124 Å². The van der Waals surface area contributed by atoms with Gasteiger partial charge in [0, 0.05) is 18.3 Å². The first-order valence-corrected chi connectivity index (χ1v) is 7.31. The lowest BCUT2D eigenvalue weighted by molar-refractivity contribution is -0.0886. The number of aromatic nitrogens is 2. The zero-order valence-corrected chi connectivity index (χ0v) is 12.8. The zero-order chi connectivity index (χ0) is 15.1. The number of ether oxygens (including phenoxy) is 2. The fourth-order valence-electron chi connectivity index (χ4n) is 2.97. The van der Waals surface area contributed by atoms with E-state index in [1.807, 2.05) is 20.8 Å². The lowest BCUT2D eigenvalue weighted by Gasteiger charge is -2.39. The van der Waals surface area contributed by atoms with Gasteiger partial charge in [0.1, 0.15) is 17.5 Å². The van der Waals surface area contributed by atoms with Gasteiger partial charge in [0.15, 0.2) is 0 Å². The third-order valence-corrected chi connectivity index (χ3v) is 3.83. The highest BCUT2D eigenvalue weighted by molar-refractivity contribution is 5.68. The molecule has 0 saturated carbocycles. The molecule has 0 radical (unpaired) electrons. The molecule has 1 fully saturated rings. The van der Waals surface area contributed by atoms with E-state index in [1.54, 1.807) is 17.4 Å². The van der Waals surface area contributed by atoms with Crippen LogP contribution in [-0.2, 0) is 21.7 Å². The van der Waals surface area contributed by atoms with Crippen LogP contribution >= 0.6 is 0 Å². The van der Waals surface area contributed by atoms with E-state index in [1.165, 1.54) is 0 Å². The van der Waals surface area contributed by atoms with Crippen LogP contribution in [0, 0.1) is 0 Å². The molecule has 0 aromatic carbocycles. The van der Waals surface area contributed by atoms with E-state index < -0.39 is 11.2 Å². The highest BCUT2D eigenvalue weighted by atomic mass is 16.6. The molecule has 0 aliphatic carbocycles. The number of carbonyl (C=O) groups excluding carboxylic acids is 1. The highest BCUT2D eigenvalue weighted by Crippen LogP contribution is 2.41. The largest absolute Gasteiger partial charge is 0.444 e. The quantitative estimate of drug-likeness (QED) is 0.733. The van der Waals surface area contributed by atoms with Crippen molar-refractivity contribution in [3.8, 4) is 0 Å². The number of amides is 1. The second-order valence-electron chi connectivity index (χ2n) is 6.69. The Hall–Kier alpha value is -1.69. The van der Waals surface area contributed by atoms with E-state index >= 15 is 0 Å². The molecular weight excluding hydrogens is 270 g/mol. The summed E-state index contributed by atoms with van der Waals surface area (Å²) < 4.78 is 11.5. The van der Waals surface area contributed by atoms with Gasteiger partial charge in [0.2, 0.25) is 0 Å². The lowest BCUT2D eigenvalue weighted by Crippen LogP contribution is -2.50. The summed E-state index contributed by atoms with van der Waals surface area (Å²) in [7, 11) is 0. The first-order valence-electron chi connectivity index (χ1n) is 7.31. The van der Waals surface area contributed by atoms with E-state index in [4.69, 9.17) is 9.47 Å². The predicted molar refractivity (Wildman–Crippen MR) is 75.5 cm³/mol. The molecular formula is C15H21N3O3. The van der Waals surface area contributed by atoms with Crippen LogP contribution in [0.15, 0.2) is 12.5 Å². The van der Waals surface area contributed by atoms with Gasteiger partial charge in [-0.05, 0) is 33.6 Å². The Morgan fingerprint density at radius 1 is 1.48 bits per heavy atom. The van der Waals surface area contributed by atoms with Crippen molar-refractivity contribution in [2.75, 3.05) is 13.1 Å². The fourth-order valence-corrected chi connectivity index (χ4v) is 2.97. The summed E-state index contributed by atoms with van der Waals surface area (Å²) in [6.45, 7) is 7.32. The van der Waals surface area contributed by atoms with Gasteiger partial charge in [0.25, 0.3) is 0 Å². The smallest absolute Gasteiger partial charge is 0.410 e. The molecule has 1 aromatic rings. The standard InChI is InChI=1S/C15H21N3O3/c1-14(2,3)21-13(19)18-6-4-5-15(9-18)12-11(8-20-15)7-16-10-17-12/h7,10H,4-6,8-9H2,1-3H3. The minimum absolute atomic E-state index is 0.285. The van der Waals surface area contributed by atoms with Gasteiger partial charge in [-0.1, -0.05) is 0 Å². The molecule has 6 heteroatoms. The topological polar surface area (TPSA) is 64.5 Å². The van der Waals surface area contributed by atoms with E-state index in [0.717, 1.165) is 24.1 Å². The highest BCUT2D eigenvalue weighted by Gasteiger charge is 2.46. The second kappa shape index (κ2) is 4.94. The van der Waals surface area contributed by atoms with Crippen LogP contribution in [0.5, 0.6) is 0 Å². The van der Waals surface area contributed by atoms with E-state index in [2.05, 4.69) is 9.97 Å². The Morgan fingerprint density at radius 3 is 3.05 bits per heavy atom. The van der Waals surface area contributed by atoms with Gasteiger partial charge in [-0.25, -0.2) is 14.8 Å². The summed E-state index contributed by atoms with van der Waals surface area (Å²) in [5.74, 6) is 0. The molecule has 2 aliphatic heterocycles. The molecule has 3 heterocycles. The Bertz CT molecular complexity index is 551. The summed E-state index contributed by atoms with van der Waals surface area (Å²) in [6, 6.07) is 0. The van der Waals surface area contributed by atoms with Crippen LogP contribution in [0.25, 0.3) is 0 Å². The number of rotatable bonds is 0. The maximum Gasteiger partial charge on any atom is 0.410 e. The average molecular weight is 291 g/mol. The Morgan fingerprint density at radius 2 is 2.29 bits per heavy atom. The van der Waals surface area contributed by atoms with Crippen molar-refractivity contribution in [1.29, 1.82) is 0 Å². The molecule has 2 aliphatic rings. The maximum absolute atomic E-state index is 12.3. The molecule has 1 atom stereocenters. The zero-order valence-electron chi connectivity index (χ0n) is 12.8. The Balaban J connectivity index is 1.80. The molecule has 1 aromatic heterocycles. The molecule has 21 heavy (non-hydrogen) atoms. The number of hydrogen-bond donors (Lipinski definition) is 0. The van der Waals surface area contributed by atoms with Crippen LogP contribution in [0.2, 0.25) is 0 Å². The molecule has 1 spiro atoms. The van der Waals surface area contributed by atoms with Crippen LogP contribution < -0.4 is 0 Å². The van der Waals surface area contributed by atoms with Gasteiger partial charge in [0.05, 0.1) is 18.8 Å². The molecule has 1 unspecified atom stereocenters. The van der Waals surface area contributed by atoms with Gasteiger partial charge in [-0.15, -0.1) is 0 Å². The van der Waals surface area contributed by atoms with Gasteiger partial charge >= 0.3 is 6.09 Å². The van der Waals surface area contributed by atoms with Crippen molar-refractivity contribution in [1.82, 2.24) is 14.9 Å². The minimum atomic E-state index is -0.493. The molecule has 1 saturated heterocycles. The van der Waals surface area contributed by atoms with E-state index in [9.17, 15) is 4.79 Å². The van der Waals surface area contributed by atoms with Crippen LogP contribution in [0.1, 0.15) is 44.9 Å². The molecule has 1 amide bonds. The number of likely N-dealkylation sites (tertiary alicyclic amines) is 1. The van der Waals surface area contributed by atoms with Gasteiger partial charge < -0.3 is 14.4 Å². The average Bonchev–Trinajstić information content (AvgIpc) is 2.76. The van der Waals surface area contributed by atoms with Gasteiger partial charge in [-0.2, -0.15) is 0 Å². The predicted octanol–water partition coefficient (Wildman–Crippen LogP) is 2.23. The Kier molecular flexibility index (Phi) is 3.36. The molecule has 114 valence electrons. The van der Waals surface area contributed by atoms with E-state index in [0.29, 0.717) is 19.7 Å². The maximum atomic E-state index is 12.3. The SMILES string of the molecule is CC(C)(C)OC(=O)N1CCCC2(C1)OCc1cncnc12. The minimum Gasteiger partial charge on any atom is -0.444 e. The van der Waals surface area contributed by atoms with Crippen molar-refractivity contribution in [3.63, 3.8) is 0 Å². The van der Waals surface area contributed by atoms with Crippen LogP contribution in [0.3, 0.4) is 0 Å². The summed E-state index contributed by atoms with van der Waals surface area (Å²) in [4.78, 5) is 22.4. The van der Waals surface area contributed by atoms with Crippen LogP contribution in [-0.4, -0.2) is 39.7 Å². The van der Waals surface area contributed by atoms with Crippen molar-refractivity contribution < 1.29 is 14.3 Å². The van der Waals surface area contributed by atoms with Crippen molar-refractivity contribution >= 4 is 6.09 Å². The van der Waals surface area contributed by atoms with Gasteiger partial charge in [-0.3, -0.25) is 0 Å². The number of piperidine rings is 1. The molecule has 0 bridgehead atoms. The number of nitrogens with zero attached hydrogens (tertiary/aromatic N) is 3. The molecule has 3 rings (SSSR count). The van der Waals surface area contributed by atoms with Crippen molar-refractivity contribution in [2.24, 2.45) is 0 Å². The third kappa shape index (κ3) is 2.72. The first kappa shape index (κ1) is 14.3. The summed E-state index contributed by atoms with van der Waals surface area (Å²) >= 11 is 0. The number of hydrogen-bond acceptors (Lipinski definition) is 5. The number of fused-ring (bicyclic) bond motifs is 2. The summed E-state index contributed by atoms with van der Waals surface area (Å²) in [6.07, 6.45) is 4.80. The summed E-state index contributed by atoms with van der Waals surface area (Å²) in [5.41, 5.74) is 0.959. The fraction of sp³-hybridized carbons (Fsp3) is 0.667. The number of carbonyl (C=O) groups is 1. The van der Waals surface area contributed by atoms with Crippen molar-refractivity contribution in [2.45, 2.75) is 51.4 Å². The van der Waals surface area contributed by atoms with E-state index in [-0.39, 0.29) is 6.09 Å². The molecule has 0 N–H and O–H groups in total. The first-order chi connectivity index (χ1) is 9.90. The monoisotopic (exact) mass is 291 g/mol. The van der Waals surface area contributed by atoms with Crippen molar-refractivity contribution in [3.05, 3.63) is 23.8 Å². The van der Waals surface area contributed by atoms with Crippen LogP contribution in [0.4, 0.5) is 4.79 Å².